The van der Waals surface area contributed by atoms with Gasteiger partial charge in [-0.1, -0.05) is 72.8 Å². The maximum Gasteiger partial charge on any atom is 0.270 e. The zero-order valence-corrected chi connectivity index (χ0v) is 20.8. The predicted molar refractivity (Wildman–Crippen MR) is 146 cm³/mol. The van der Waals surface area contributed by atoms with E-state index in [1.807, 2.05) is 48.5 Å². The van der Waals surface area contributed by atoms with E-state index in [-0.39, 0.29) is 5.69 Å². The number of nitro benzene ring substituents is 1. The van der Waals surface area contributed by atoms with Gasteiger partial charge >= 0.3 is 0 Å². The van der Waals surface area contributed by atoms with Gasteiger partial charge in [-0.05, 0) is 36.6 Å². The molecule has 1 aromatic heterocycles. The molecule has 0 amide bonds. The number of nitrogens with one attached hydrogen (secondary N) is 1. The number of fused-ring (bicyclic) bond motifs is 1. The van der Waals surface area contributed by atoms with E-state index >= 15 is 0 Å². The highest BCUT2D eigenvalue weighted by atomic mass is 16.6. The molecule has 0 aliphatic carbocycles. The second-order valence-corrected chi connectivity index (χ2v) is 8.58. The Kier molecular flexibility index (Phi) is 9.80. The summed E-state index contributed by atoms with van der Waals surface area (Å²) in [4.78, 5) is 10.9. The second kappa shape index (κ2) is 13.9. The molecular weight excluding hydrogens is 468 g/mol. The SMILES string of the molecule is O=[N+]([O-])c1ccc2c(c1)c(OCc1ccccc1)nn2CCOCCNCCC/C=C\c1ccccc1. The summed E-state index contributed by atoms with van der Waals surface area (Å²) < 4.78 is 13.5. The van der Waals surface area contributed by atoms with Gasteiger partial charge in [0.25, 0.3) is 5.69 Å². The number of unbranched alkanes of at least 4 members (excludes halogenated alkanes) is 1. The summed E-state index contributed by atoms with van der Waals surface area (Å²) in [5, 5.41) is 19.9. The first-order valence-corrected chi connectivity index (χ1v) is 12.5. The number of benzene rings is 3. The smallest absolute Gasteiger partial charge is 0.270 e. The van der Waals surface area contributed by atoms with E-state index in [0.717, 1.165) is 37.0 Å². The Hall–Kier alpha value is -4.01. The lowest BCUT2D eigenvalue weighted by Crippen LogP contribution is -2.21. The van der Waals surface area contributed by atoms with E-state index in [0.29, 0.717) is 37.6 Å². The largest absolute Gasteiger partial charge is 0.471 e. The van der Waals surface area contributed by atoms with Gasteiger partial charge in [-0.15, -0.1) is 5.10 Å². The molecule has 37 heavy (non-hydrogen) atoms. The molecule has 0 radical (unpaired) electrons. The van der Waals surface area contributed by atoms with Crippen molar-refractivity contribution in [3.63, 3.8) is 0 Å². The maximum absolute atomic E-state index is 11.3. The van der Waals surface area contributed by atoms with Crippen LogP contribution in [0.1, 0.15) is 24.0 Å². The molecular formula is C29H32N4O4. The molecule has 0 atom stereocenters. The number of hydrogen-bond acceptors (Lipinski definition) is 6. The lowest BCUT2D eigenvalue weighted by Gasteiger charge is -2.07. The Labute approximate surface area is 216 Å². The minimum absolute atomic E-state index is 0.00879. The van der Waals surface area contributed by atoms with Crippen molar-refractivity contribution >= 4 is 22.7 Å². The molecule has 0 saturated heterocycles. The lowest BCUT2D eigenvalue weighted by molar-refractivity contribution is -0.384. The minimum atomic E-state index is -0.409. The van der Waals surface area contributed by atoms with Crippen molar-refractivity contribution in [1.29, 1.82) is 0 Å². The van der Waals surface area contributed by atoms with Gasteiger partial charge in [-0.2, -0.15) is 0 Å². The average Bonchev–Trinajstić information content (AvgIpc) is 3.28. The van der Waals surface area contributed by atoms with Gasteiger partial charge in [0.05, 0.1) is 35.6 Å². The predicted octanol–water partition coefficient (Wildman–Crippen LogP) is 5.62. The number of nitro groups is 1. The van der Waals surface area contributed by atoms with Crippen molar-refractivity contribution in [1.82, 2.24) is 15.1 Å². The summed E-state index contributed by atoms with van der Waals surface area (Å²) in [6, 6.07) is 24.8. The van der Waals surface area contributed by atoms with Crippen molar-refractivity contribution in [3.8, 4) is 5.88 Å². The minimum Gasteiger partial charge on any atom is -0.471 e. The molecule has 8 nitrogen and oxygen atoms in total. The van der Waals surface area contributed by atoms with Crippen LogP contribution in [0.15, 0.2) is 84.9 Å². The molecule has 0 saturated carbocycles. The monoisotopic (exact) mass is 500 g/mol. The van der Waals surface area contributed by atoms with Crippen LogP contribution in [0.3, 0.4) is 0 Å². The molecule has 4 rings (SSSR count). The molecule has 0 aliphatic rings. The third-order valence-corrected chi connectivity index (χ3v) is 5.83. The third kappa shape index (κ3) is 7.99. The zero-order valence-electron chi connectivity index (χ0n) is 20.8. The van der Waals surface area contributed by atoms with Crippen molar-refractivity contribution in [2.24, 2.45) is 0 Å². The molecule has 0 fully saturated rings. The summed E-state index contributed by atoms with van der Waals surface area (Å²) in [5.41, 5.74) is 3.01. The average molecular weight is 501 g/mol. The fourth-order valence-corrected chi connectivity index (χ4v) is 3.91. The van der Waals surface area contributed by atoms with Gasteiger partial charge in [0.2, 0.25) is 5.88 Å². The molecule has 1 heterocycles. The van der Waals surface area contributed by atoms with Crippen molar-refractivity contribution in [3.05, 3.63) is 106 Å². The molecule has 8 heteroatoms. The first kappa shape index (κ1) is 26.1. The summed E-state index contributed by atoms with van der Waals surface area (Å²) in [6.07, 6.45) is 6.45. The first-order chi connectivity index (χ1) is 18.2. The third-order valence-electron chi connectivity index (χ3n) is 5.83. The van der Waals surface area contributed by atoms with Crippen LogP contribution in [0.5, 0.6) is 5.88 Å². The zero-order chi connectivity index (χ0) is 25.7. The first-order valence-electron chi connectivity index (χ1n) is 12.5. The van der Waals surface area contributed by atoms with Crippen LogP contribution >= 0.6 is 0 Å². The van der Waals surface area contributed by atoms with Crippen LogP contribution in [0, 0.1) is 10.1 Å². The Morgan fingerprint density at radius 2 is 1.76 bits per heavy atom. The standard InChI is InChI=1S/C29H32N4O4/c34-33(35)26-15-16-28-27(22-26)29(37-23-25-13-6-2-7-14-25)31-32(28)19-21-36-20-18-30-17-9-3-8-12-24-10-4-1-5-11-24/h1-2,4-8,10-16,22,30H,3,9,17-21,23H2/b12-8-. The number of allylic oxidation sites excluding steroid dienone is 1. The topological polar surface area (TPSA) is 91.5 Å². The Balaban J connectivity index is 1.20. The number of non-ortho nitro benzene ring substituents is 1. The molecule has 192 valence electrons. The number of aromatic nitrogens is 2. The summed E-state index contributed by atoms with van der Waals surface area (Å²) in [5.74, 6) is 0.380. The van der Waals surface area contributed by atoms with Crippen LogP contribution < -0.4 is 10.1 Å². The van der Waals surface area contributed by atoms with Crippen LogP contribution in [0.2, 0.25) is 0 Å². The van der Waals surface area contributed by atoms with Gasteiger partial charge in [-0.3, -0.25) is 14.8 Å². The van der Waals surface area contributed by atoms with Crippen LogP contribution in [0.4, 0.5) is 5.69 Å². The molecule has 0 bridgehead atoms. The Morgan fingerprint density at radius 1 is 0.973 bits per heavy atom. The van der Waals surface area contributed by atoms with Gasteiger partial charge < -0.3 is 14.8 Å². The highest BCUT2D eigenvalue weighted by molar-refractivity contribution is 5.86. The van der Waals surface area contributed by atoms with E-state index in [2.05, 4.69) is 34.7 Å². The van der Waals surface area contributed by atoms with Gasteiger partial charge in [0.15, 0.2) is 0 Å². The van der Waals surface area contributed by atoms with E-state index in [9.17, 15) is 10.1 Å². The lowest BCUT2D eigenvalue weighted by atomic mass is 10.2. The fourth-order valence-electron chi connectivity index (χ4n) is 3.91. The normalized spacial score (nSPS) is 11.4. The van der Waals surface area contributed by atoms with E-state index in [1.165, 1.54) is 17.7 Å². The van der Waals surface area contributed by atoms with E-state index < -0.39 is 4.92 Å². The summed E-state index contributed by atoms with van der Waals surface area (Å²) in [6.45, 7) is 3.65. The van der Waals surface area contributed by atoms with Crippen molar-refractivity contribution in [2.75, 3.05) is 26.3 Å². The number of ether oxygens (including phenoxy) is 2. The molecule has 0 unspecified atom stereocenters. The van der Waals surface area contributed by atoms with E-state index in [1.54, 1.807) is 10.7 Å². The maximum atomic E-state index is 11.3. The number of nitrogens with zero attached hydrogens (tertiary/aromatic N) is 3. The highest BCUT2D eigenvalue weighted by Crippen LogP contribution is 2.29. The van der Waals surface area contributed by atoms with Gasteiger partial charge in [0, 0.05) is 18.7 Å². The number of hydrogen-bond donors (Lipinski definition) is 1. The molecule has 0 spiro atoms. The van der Waals surface area contributed by atoms with Crippen molar-refractivity contribution < 1.29 is 14.4 Å². The Bertz CT molecular complexity index is 1290. The van der Waals surface area contributed by atoms with Crippen molar-refractivity contribution in [2.45, 2.75) is 26.0 Å². The molecule has 3 aromatic carbocycles. The fraction of sp³-hybridized carbons (Fsp3) is 0.276. The highest BCUT2D eigenvalue weighted by Gasteiger charge is 2.16. The van der Waals surface area contributed by atoms with Crippen LogP contribution in [-0.2, 0) is 17.9 Å². The van der Waals surface area contributed by atoms with Gasteiger partial charge in [-0.25, -0.2) is 0 Å². The van der Waals surface area contributed by atoms with Crippen LogP contribution in [-0.4, -0.2) is 41.0 Å². The summed E-state index contributed by atoms with van der Waals surface area (Å²) in [7, 11) is 0. The molecule has 0 aliphatic heterocycles. The second-order valence-electron chi connectivity index (χ2n) is 8.58. The number of rotatable bonds is 15. The summed E-state index contributed by atoms with van der Waals surface area (Å²) >= 11 is 0. The molecule has 4 aromatic rings. The molecule has 1 N–H and O–H groups in total. The quantitative estimate of drug-likeness (QED) is 0.129. The van der Waals surface area contributed by atoms with Crippen LogP contribution in [0.25, 0.3) is 17.0 Å². The van der Waals surface area contributed by atoms with Gasteiger partial charge in [0.1, 0.15) is 6.61 Å². The Morgan fingerprint density at radius 3 is 2.54 bits per heavy atom. The van der Waals surface area contributed by atoms with E-state index in [4.69, 9.17) is 9.47 Å².